The Labute approximate surface area is 216 Å². The van der Waals surface area contributed by atoms with Crippen molar-refractivity contribution in [2.45, 2.75) is 117 Å². The van der Waals surface area contributed by atoms with Crippen LogP contribution in [0.4, 0.5) is 0 Å². The number of ether oxygens (including phenoxy) is 2. The van der Waals surface area contributed by atoms with E-state index in [0.29, 0.717) is 25.7 Å². The number of nitrogens with two attached hydrogens (primary N) is 2. The summed E-state index contributed by atoms with van der Waals surface area (Å²) in [5, 5.41) is 7.72. The highest BCUT2D eigenvalue weighted by Crippen LogP contribution is 2.23. The number of methoxy groups -OCH3 is 1. The molecule has 0 amide bonds. The number of hydrogen-bond donors (Lipinski definition) is 3. The molecule has 5 N–H and O–H groups in total. The summed E-state index contributed by atoms with van der Waals surface area (Å²) in [6.45, 7) is 10.7. The Bertz CT molecular complexity index is 746. The van der Waals surface area contributed by atoms with Gasteiger partial charge in [0.1, 0.15) is 23.0 Å². The fraction of sp³-hybridized carbons (Fsp3) is 0.815. The molecule has 0 rings (SSSR count). The first-order valence-electron chi connectivity index (χ1n) is 13.1. The van der Waals surface area contributed by atoms with Gasteiger partial charge in [-0.1, -0.05) is 46.0 Å². The first-order valence-corrected chi connectivity index (χ1v) is 13.1. The predicted octanol–water partition coefficient (Wildman–Crippen LogP) is 3.73. The zero-order valence-electron chi connectivity index (χ0n) is 23.4. The number of esters is 2. The van der Waals surface area contributed by atoms with E-state index in [-0.39, 0.29) is 24.0 Å². The molecule has 208 valence electrons. The van der Waals surface area contributed by atoms with Crippen LogP contribution in [-0.2, 0) is 28.7 Å². The zero-order valence-corrected chi connectivity index (χ0v) is 23.4. The first-order chi connectivity index (χ1) is 16.7. The monoisotopic (exact) mass is 511 g/mol. The number of Topliss-reactive ketones (excluding diaryl/α,β-unsaturated/α-hetero) is 2. The van der Waals surface area contributed by atoms with Gasteiger partial charge in [0.25, 0.3) is 0 Å². The van der Waals surface area contributed by atoms with Crippen LogP contribution in [0.1, 0.15) is 99.3 Å². The molecular formula is C27H49N3O6. The molecule has 0 heterocycles. The number of rotatable bonds is 18. The van der Waals surface area contributed by atoms with Crippen LogP contribution in [0.5, 0.6) is 0 Å². The highest BCUT2D eigenvalue weighted by atomic mass is 16.6. The lowest BCUT2D eigenvalue weighted by Gasteiger charge is -2.27. The van der Waals surface area contributed by atoms with Crippen LogP contribution in [0, 0.1) is 23.2 Å². The van der Waals surface area contributed by atoms with Crippen LogP contribution in [0.25, 0.3) is 0 Å². The molecule has 5 atom stereocenters. The van der Waals surface area contributed by atoms with Crippen LogP contribution in [-0.4, -0.2) is 54.0 Å². The third-order valence-corrected chi connectivity index (χ3v) is 6.37. The van der Waals surface area contributed by atoms with Crippen molar-refractivity contribution in [1.82, 2.24) is 0 Å². The van der Waals surface area contributed by atoms with Gasteiger partial charge in [-0.15, -0.1) is 0 Å². The molecule has 9 heteroatoms. The summed E-state index contributed by atoms with van der Waals surface area (Å²) in [5.41, 5.74) is 11.3. The van der Waals surface area contributed by atoms with Crippen molar-refractivity contribution in [2.75, 3.05) is 7.11 Å². The van der Waals surface area contributed by atoms with Gasteiger partial charge in [0, 0.05) is 24.4 Å². The van der Waals surface area contributed by atoms with Crippen LogP contribution >= 0.6 is 0 Å². The van der Waals surface area contributed by atoms with Gasteiger partial charge >= 0.3 is 11.9 Å². The quantitative estimate of drug-likeness (QED) is 0.108. The minimum absolute atomic E-state index is 0.0264. The van der Waals surface area contributed by atoms with Crippen molar-refractivity contribution < 1.29 is 28.7 Å². The van der Waals surface area contributed by atoms with Crippen LogP contribution < -0.4 is 11.5 Å². The van der Waals surface area contributed by atoms with Gasteiger partial charge in [0.2, 0.25) is 0 Å². The van der Waals surface area contributed by atoms with Gasteiger partial charge < -0.3 is 20.9 Å². The van der Waals surface area contributed by atoms with E-state index in [1.165, 1.54) is 6.92 Å². The fourth-order valence-corrected chi connectivity index (χ4v) is 3.90. The molecule has 0 aromatic carbocycles. The third kappa shape index (κ3) is 12.7. The van der Waals surface area contributed by atoms with E-state index in [9.17, 15) is 19.2 Å². The number of carbonyl (C=O) groups is 4. The second-order valence-corrected chi connectivity index (χ2v) is 10.8. The Kier molecular flexibility index (Phi) is 15.6. The van der Waals surface area contributed by atoms with Gasteiger partial charge in [-0.05, 0) is 47.0 Å². The maximum atomic E-state index is 13.2. The van der Waals surface area contributed by atoms with Crippen molar-refractivity contribution in [3.63, 3.8) is 0 Å². The van der Waals surface area contributed by atoms with Crippen molar-refractivity contribution in [2.24, 2.45) is 29.2 Å². The molecule has 0 spiro atoms. The van der Waals surface area contributed by atoms with E-state index in [0.717, 1.165) is 32.8 Å². The molecule has 0 radical (unpaired) electrons. The number of nitrogens with one attached hydrogen (secondary N) is 1. The summed E-state index contributed by atoms with van der Waals surface area (Å²) in [5.74, 6) is -4.09. The summed E-state index contributed by atoms with van der Waals surface area (Å²) >= 11 is 0. The average molecular weight is 512 g/mol. The van der Waals surface area contributed by atoms with E-state index < -0.39 is 47.0 Å². The molecular weight excluding hydrogens is 462 g/mol. The van der Waals surface area contributed by atoms with Crippen LogP contribution in [0.2, 0.25) is 0 Å². The van der Waals surface area contributed by atoms with Gasteiger partial charge in [-0.25, -0.2) is 4.79 Å². The largest absolute Gasteiger partial charge is 0.465 e. The smallest absolute Gasteiger partial charge is 0.352 e. The summed E-state index contributed by atoms with van der Waals surface area (Å²) in [7, 11) is 1.16. The number of ketones is 2. The molecule has 0 saturated carbocycles. The molecule has 4 unspecified atom stereocenters. The summed E-state index contributed by atoms with van der Waals surface area (Å²) in [6, 6.07) is -0.758. The van der Waals surface area contributed by atoms with Crippen LogP contribution in [0.3, 0.4) is 0 Å². The minimum atomic E-state index is -0.894. The zero-order chi connectivity index (χ0) is 28.1. The lowest BCUT2D eigenvalue weighted by Crippen LogP contribution is -2.41. The van der Waals surface area contributed by atoms with E-state index >= 15 is 0 Å². The Morgan fingerprint density at radius 3 is 2.00 bits per heavy atom. The lowest BCUT2D eigenvalue weighted by atomic mass is 9.84. The van der Waals surface area contributed by atoms with Gasteiger partial charge in [-0.2, -0.15) is 0 Å². The molecule has 0 bridgehead atoms. The first kappa shape index (κ1) is 33.9. The summed E-state index contributed by atoms with van der Waals surface area (Å²) in [6.07, 6.45) is 5.82. The van der Waals surface area contributed by atoms with E-state index in [4.69, 9.17) is 21.6 Å². The van der Waals surface area contributed by atoms with Crippen molar-refractivity contribution in [3.05, 3.63) is 0 Å². The molecule has 0 aliphatic heterocycles. The topological polar surface area (TPSA) is 163 Å². The normalized spacial score (nSPS) is 15.8. The van der Waals surface area contributed by atoms with Crippen molar-refractivity contribution >= 4 is 29.2 Å². The predicted molar refractivity (Wildman–Crippen MR) is 141 cm³/mol. The SMILES string of the molecule is CCCCC[C@H](N)C(C)C(=O)C(CCCCC(N)CC(=O)C(C)C(=N)C(=O)OC)C(=O)OC(C)(C)C. The van der Waals surface area contributed by atoms with E-state index in [2.05, 4.69) is 11.7 Å². The van der Waals surface area contributed by atoms with Crippen molar-refractivity contribution in [1.29, 1.82) is 5.41 Å². The maximum Gasteiger partial charge on any atom is 0.352 e. The number of hydrogen-bond acceptors (Lipinski definition) is 9. The Morgan fingerprint density at radius 1 is 0.917 bits per heavy atom. The fourth-order valence-electron chi connectivity index (χ4n) is 3.90. The highest BCUT2D eigenvalue weighted by Gasteiger charge is 2.35. The lowest BCUT2D eigenvalue weighted by molar-refractivity contribution is -0.163. The molecule has 9 nitrogen and oxygen atoms in total. The van der Waals surface area contributed by atoms with Crippen molar-refractivity contribution in [3.8, 4) is 0 Å². The molecule has 0 aromatic rings. The van der Waals surface area contributed by atoms with Gasteiger partial charge in [0.05, 0.1) is 13.0 Å². The summed E-state index contributed by atoms with van der Waals surface area (Å²) < 4.78 is 10.0. The Morgan fingerprint density at radius 2 is 1.47 bits per heavy atom. The third-order valence-electron chi connectivity index (χ3n) is 6.37. The number of carbonyl (C=O) groups excluding carboxylic acids is 4. The molecule has 36 heavy (non-hydrogen) atoms. The maximum absolute atomic E-state index is 13.2. The van der Waals surface area contributed by atoms with E-state index in [1.807, 2.05) is 0 Å². The second-order valence-electron chi connectivity index (χ2n) is 10.8. The Balaban J connectivity index is 4.99. The highest BCUT2D eigenvalue weighted by molar-refractivity contribution is 6.39. The second kappa shape index (κ2) is 16.6. The number of unbranched alkanes of at least 4 members (excludes halogenated alkanes) is 3. The standard InChI is InChI=1S/C27H49N3O6/c1-8-9-10-15-21(29)17(2)24(32)20(25(33)36-27(4,5)6)14-12-11-13-19(28)16-22(31)18(3)23(30)26(34)35-7/h17-21,30H,8-16,28-29H2,1-7H3/t17?,18?,19?,20?,21-/m0/s1. The molecule has 0 saturated heterocycles. The molecule has 0 aromatic heterocycles. The van der Waals surface area contributed by atoms with Gasteiger partial charge in [-0.3, -0.25) is 19.8 Å². The molecule has 0 aliphatic carbocycles. The van der Waals surface area contributed by atoms with Crippen LogP contribution in [0.15, 0.2) is 0 Å². The molecule has 0 fully saturated rings. The van der Waals surface area contributed by atoms with Gasteiger partial charge in [0.15, 0.2) is 5.78 Å². The Hall–Kier alpha value is -2.13. The summed E-state index contributed by atoms with van der Waals surface area (Å²) in [4.78, 5) is 49.9. The average Bonchev–Trinajstić information content (AvgIpc) is 2.80. The molecule has 0 aliphatic rings. The van der Waals surface area contributed by atoms with E-state index in [1.54, 1.807) is 27.7 Å². The minimum Gasteiger partial charge on any atom is -0.465 e.